The highest BCUT2D eigenvalue weighted by Crippen LogP contribution is 2.44. The number of Topliss-reactive ketones (excluding diaryl/α,β-unsaturated/α-hetero) is 1. The monoisotopic (exact) mass is 616 g/mol. The van der Waals surface area contributed by atoms with Crippen molar-refractivity contribution in [3.05, 3.63) is 54.9 Å². The van der Waals surface area contributed by atoms with Gasteiger partial charge in [-0.2, -0.15) is 0 Å². The van der Waals surface area contributed by atoms with E-state index in [1.807, 2.05) is 18.2 Å². The van der Waals surface area contributed by atoms with E-state index in [1.54, 1.807) is 11.7 Å². The molecular weight excluding hydrogens is 600 g/mol. The van der Waals surface area contributed by atoms with Crippen LogP contribution in [0.2, 0.25) is 0 Å². The fourth-order valence-corrected chi connectivity index (χ4v) is 6.50. The van der Waals surface area contributed by atoms with Gasteiger partial charge in [-0.15, -0.1) is 11.3 Å². The number of methoxy groups -OCH3 is 1. The molecule has 0 N–H and O–H groups in total. The topological polar surface area (TPSA) is 61.2 Å². The number of hydrogen-bond donors (Lipinski definition) is 0. The van der Waals surface area contributed by atoms with Gasteiger partial charge in [0.25, 0.3) is 5.56 Å². The fourth-order valence-electron chi connectivity index (χ4n) is 3.78. The van der Waals surface area contributed by atoms with Crippen molar-refractivity contribution >= 4 is 75.1 Å². The zero-order chi connectivity index (χ0) is 21.6. The number of ether oxygens (including phenoxy) is 1. The summed E-state index contributed by atoms with van der Waals surface area (Å²) in [6.07, 6.45) is 2.77. The molecule has 158 valence electrons. The van der Waals surface area contributed by atoms with Crippen LogP contribution in [0.25, 0.3) is 10.2 Å². The number of rotatable bonds is 5. The van der Waals surface area contributed by atoms with E-state index in [0.717, 1.165) is 33.6 Å². The number of aryl methyl sites for hydroxylation is 2. The van der Waals surface area contributed by atoms with Gasteiger partial charge in [0.1, 0.15) is 19.6 Å². The first-order valence-electron chi connectivity index (χ1n) is 9.57. The first kappa shape index (κ1) is 22.2. The van der Waals surface area contributed by atoms with Crippen molar-refractivity contribution in [3.63, 3.8) is 0 Å². The molecule has 1 aliphatic carbocycles. The summed E-state index contributed by atoms with van der Waals surface area (Å²) in [5.41, 5.74) is 1.63. The van der Waals surface area contributed by atoms with Gasteiger partial charge in [-0.25, -0.2) is 4.98 Å². The number of fused-ring (bicyclic) bond motifs is 3. The van der Waals surface area contributed by atoms with E-state index in [1.165, 1.54) is 11.3 Å². The van der Waals surface area contributed by atoms with Crippen LogP contribution in [-0.2, 0) is 19.4 Å². The van der Waals surface area contributed by atoms with E-state index in [0.29, 0.717) is 40.9 Å². The van der Waals surface area contributed by atoms with Gasteiger partial charge in [-0.1, -0.05) is 54.7 Å². The minimum Gasteiger partial charge on any atom is -0.496 e. The van der Waals surface area contributed by atoms with Gasteiger partial charge in [0.2, 0.25) is 0 Å². The van der Waals surface area contributed by atoms with Crippen LogP contribution < -0.4 is 10.3 Å². The highest BCUT2D eigenvalue weighted by molar-refractivity contribution is 9.26. The van der Waals surface area contributed by atoms with Gasteiger partial charge in [0.15, 0.2) is 5.78 Å². The maximum Gasteiger partial charge on any atom is 0.262 e. The lowest BCUT2D eigenvalue weighted by atomic mass is 9.96. The van der Waals surface area contributed by atoms with Crippen LogP contribution in [0.4, 0.5) is 0 Å². The second kappa shape index (κ2) is 8.48. The van der Waals surface area contributed by atoms with E-state index in [9.17, 15) is 9.59 Å². The highest BCUT2D eigenvalue weighted by atomic mass is 79.9. The number of halogens is 3. The number of benzene rings is 1. The van der Waals surface area contributed by atoms with Crippen molar-refractivity contribution in [2.45, 2.75) is 42.4 Å². The number of nitrogens with zero attached hydrogens (tertiary/aromatic N) is 2. The summed E-state index contributed by atoms with van der Waals surface area (Å²) in [6, 6.07) is 5.75. The Bertz CT molecular complexity index is 1220. The maximum absolute atomic E-state index is 13.7. The van der Waals surface area contributed by atoms with E-state index < -0.39 is 3.23 Å². The molecule has 5 nitrogen and oxygen atoms in total. The molecule has 0 amide bonds. The lowest BCUT2D eigenvalue weighted by Gasteiger charge is -2.23. The van der Waals surface area contributed by atoms with Crippen LogP contribution in [0, 0.1) is 0 Å². The summed E-state index contributed by atoms with van der Waals surface area (Å²) in [5.74, 6) is 1.41. The third-order valence-corrected chi connectivity index (χ3v) is 8.39. The largest absolute Gasteiger partial charge is 0.496 e. The Morgan fingerprint density at radius 2 is 2.07 bits per heavy atom. The van der Waals surface area contributed by atoms with E-state index >= 15 is 0 Å². The summed E-state index contributed by atoms with van der Waals surface area (Å²) in [6.45, 7) is 2.42. The second-order valence-corrected chi connectivity index (χ2v) is 12.9. The summed E-state index contributed by atoms with van der Waals surface area (Å²) in [4.78, 5) is 32.6. The molecule has 0 aliphatic heterocycles. The van der Waals surface area contributed by atoms with Gasteiger partial charge in [0, 0.05) is 16.5 Å². The molecule has 0 unspecified atom stereocenters. The number of aromatic nitrogens is 2. The van der Waals surface area contributed by atoms with Gasteiger partial charge >= 0.3 is 0 Å². The number of carbonyl (C=O) groups excluding carboxylic acids is 1. The normalized spacial score (nSPS) is 15.4. The van der Waals surface area contributed by atoms with Crippen LogP contribution in [0.5, 0.6) is 5.75 Å². The van der Waals surface area contributed by atoms with Crippen molar-refractivity contribution < 1.29 is 9.53 Å². The van der Waals surface area contributed by atoms with Crippen molar-refractivity contribution in [3.8, 4) is 5.75 Å². The molecule has 9 heteroatoms. The number of carbonyl (C=O) groups is 1. The molecule has 30 heavy (non-hydrogen) atoms. The van der Waals surface area contributed by atoms with Gasteiger partial charge < -0.3 is 4.74 Å². The van der Waals surface area contributed by atoms with Gasteiger partial charge in [-0.05, 0) is 43.0 Å². The average Bonchev–Trinajstić information content (AvgIpc) is 3.07. The summed E-state index contributed by atoms with van der Waals surface area (Å²) >= 11 is 11.8. The second-order valence-electron chi connectivity index (χ2n) is 7.25. The number of alkyl halides is 2. The first-order chi connectivity index (χ1) is 14.3. The Labute approximate surface area is 203 Å². The number of thiophene rings is 1. The van der Waals surface area contributed by atoms with Crippen molar-refractivity contribution in [1.82, 2.24) is 9.55 Å². The Morgan fingerprint density at radius 1 is 1.30 bits per heavy atom. The third kappa shape index (κ3) is 3.82. The minimum absolute atomic E-state index is 0.0385. The first-order valence-corrected chi connectivity index (χ1v) is 12.8. The van der Waals surface area contributed by atoms with E-state index in [2.05, 4.69) is 54.7 Å². The molecule has 0 atom stereocenters. The molecular formula is C21H19Br3N2O3S. The molecule has 0 saturated heterocycles. The van der Waals surface area contributed by atoms with Crippen molar-refractivity contribution in [1.29, 1.82) is 0 Å². The van der Waals surface area contributed by atoms with Crippen molar-refractivity contribution in [2.24, 2.45) is 0 Å². The molecule has 0 radical (unpaired) electrons. The molecule has 1 aromatic carbocycles. The fraction of sp³-hybridized carbons (Fsp3) is 0.381. The SMILES string of the molecule is CCCc1nc2sc3c(c2c(=O)n1Cc1cc(Br)ccc1OC)CCC(Br)(Br)C3=O. The molecule has 4 rings (SSSR count). The lowest BCUT2D eigenvalue weighted by molar-refractivity contribution is 0.0977. The molecule has 0 saturated carbocycles. The van der Waals surface area contributed by atoms with Crippen LogP contribution in [0.15, 0.2) is 27.5 Å². The Kier molecular flexibility index (Phi) is 6.27. The van der Waals surface area contributed by atoms with E-state index in [4.69, 9.17) is 9.72 Å². The van der Waals surface area contributed by atoms with Crippen LogP contribution >= 0.6 is 59.1 Å². The Balaban J connectivity index is 1.93. The molecule has 2 aromatic heterocycles. The Hall–Kier alpha value is -1.03. The molecule has 0 fully saturated rings. The van der Waals surface area contributed by atoms with Crippen LogP contribution in [-0.4, -0.2) is 25.7 Å². The average molecular weight is 619 g/mol. The van der Waals surface area contributed by atoms with Crippen LogP contribution in [0.3, 0.4) is 0 Å². The standard InChI is InChI=1S/C21H19Br3N2O3S/c1-3-4-15-25-19-16(13-7-8-21(23,24)18(27)17(13)30-19)20(28)26(15)10-11-9-12(22)5-6-14(11)29-2/h5-6,9H,3-4,7-8,10H2,1-2H3. The molecule has 3 aromatic rings. The summed E-state index contributed by atoms with van der Waals surface area (Å²) < 4.78 is 7.39. The predicted molar refractivity (Wildman–Crippen MR) is 131 cm³/mol. The van der Waals surface area contributed by atoms with Crippen molar-refractivity contribution in [2.75, 3.05) is 7.11 Å². The lowest BCUT2D eigenvalue weighted by Crippen LogP contribution is -2.31. The van der Waals surface area contributed by atoms with Gasteiger partial charge in [-0.3, -0.25) is 14.2 Å². The number of hydrogen-bond acceptors (Lipinski definition) is 5. The summed E-state index contributed by atoms with van der Waals surface area (Å²) in [7, 11) is 1.62. The quantitative estimate of drug-likeness (QED) is 0.337. The molecule has 0 spiro atoms. The predicted octanol–water partition coefficient (Wildman–Crippen LogP) is 5.84. The Morgan fingerprint density at radius 3 is 2.77 bits per heavy atom. The van der Waals surface area contributed by atoms with Gasteiger partial charge in [0.05, 0.1) is 23.9 Å². The molecule has 1 aliphatic rings. The molecule has 2 heterocycles. The third-order valence-electron chi connectivity index (χ3n) is 5.26. The van der Waals surface area contributed by atoms with Crippen LogP contribution in [0.1, 0.15) is 46.4 Å². The summed E-state index contributed by atoms with van der Waals surface area (Å²) in [5, 5.41) is 0.577. The highest BCUT2D eigenvalue weighted by Gasteiger charge is 2.41. The zero-order valence-corrected chi connectivity index (χ0v) is 22.0. The number of ketones is 1. The molecule has 0 bridgehead atoms. The maximum atomic E-state index is 13.7. The zero-order valence-electron chi connectivity index (χ0n) is 16.4. The smallest absolute Gasteiger partial charge is 0.262 e. The minimum atomic E-state index is -0.761. The van der Waals surface area contributed by atoms with E-state index in [-0.39, 0.29) is 11.3 Å².